The second kappa shape index (κ2) is 5.32. The molecule has 0 unspecified atom stereocenters. The van der Waals surface area contributed by atoms with Gasteiger partial charge in [-0.05, 0) is 30.4 Å². The van der Waals surface area contributed by atoms with Gasteiger partial charge in [0.15, 0.2) is 11.5 Å². The highest BCUT2D eigenvalue weighted by atomic mass is 16.6. The zero-order valence-electron chi connectivity index (χ0n) is 11.7. The van der Waals surface area contributed by atoms with E-state index in [1.807, 2.05) is 12.1 Å². The molecular weight excluding hydrogens is 256 g/mol. The average Bonchev–Trinajstić information content (AvgIpc) is 3.16. The van der Waals surface area contributed by atoms with Crippen LogP contribution >= 0.6 is 0 Å². The zero-order chi connectivity index (χ0) is 14.0. The van der Waals surface area contributed by atoms with E-state index >= 15 is 0 Å². The van der Waals surface area contributed by atoms with E-state index in [1.54, 1.807) is 6.07 Å². The number of hydrogen-bond donors (Lipinski definition) is 2. The van der Waals surface area contributed by atoms with Crippen LogP contribution in [0, 0.1) is 5.41 Å². The number of amides is 1. The maximum atomic E-state index is 11.8. The first-order valence-corrected chi connectivity index (χ1v) is 7.05. The predicted octanol–water partition coefficient (Wildman–Crippen LogP) is 1.79. The summed E-state index contributed by atoms with van der Waals surface area (Å²) in [5.74, 6) is 1.38. The molecule has 0 radical (unpaired) electrons. The molecule has 1 amide bonds. The van der Waals surface area contributed by atoms with Gasteiger partial charge in [0.05, 0.1) is 6.54 Å². The molecule has 1 aromatic rings. The van der Waals surface area contributed by atoms with E-state index in [4.69, 9.17) is 9.47 Å². The van der Waals surface area contributed by atoms with Crippen molar-refractivity contribution in [2.45, 2.75) is 19.8 Å². The first kappa shape index (κ1) is 13.2. The summed E-state index contributed by atoms with van der Waals surface area (Å²) in [6.45, 7) is 4.59. The first-order valence-electron chi connectivity index (χ1n) is 7.05. The van der Waals surface area contributed by atoms with Crippen LogP contribution in [0.15, 0.2) is 18.2 Å². The topological polar surface area (TPSA) is 59.6 Å². The fourth-order valence-electron chi connectivity index (χ4n) is 2.19. The Balaban J connectivity index is 1.50. The standard InChI is InChI=1S/C15H20N2O3/c1-15(4-5-15)10-16-9-14(18)17-11-2-3-12-13(8-11)20-7-6-19-12/h2-3,8,16H,4-7,9-10H2,1H3,(H,17,18). The highest BCUT2D eigenvalue weighted by molar-refractivity contribution is 5.92. The molecule has 20 heavy (non-hydrogen) atoms. The second-order valence-corrected chi connectivity index (χ2v) is 5.82. The van der Waals surface area contributed by atoms with Crippen LogP contribution in [0.4, 0.5) is 5.69 Å². The molecule has 0 bridgehead atoms. The van der Waals surface area contributed by atoms with Crippen molar-refractivity contribution in [3.63, 3.8) is 0 Å². The Morgan fingerprint density at radius 3 is 2.75 bits per heavy atom. The van der Waals surface area contributed by atoms with Crippen LogP contribution in [-0.4, -0.2) is 32.2 Å². The van der Waals surface area contributed by atoms with E-state index in [0.29, 0.717) is 30.9 Å². The lowest BCUT2D eigenvalue weighted by Gasteiger charge is -2.19. The summed E-state index contributed by atoms with van der Waals surface area (Å²) in [6, 6.07) is 5.45. The molecule has 1 aromatic carbocycles. The van der Waals surface area contributed by atoms with Crippen molar-refractivity contribution in [3.05, 3.63) is 18.2 Å². The second-order valence-electron chi connectivity index (χ2n) is 5.82. The van der Waals surface area contributed by atoms with Gasteiger partial charge in [0.25, 0.3) is 0 Å². The highest BCUT2D eigenvalue weighted by Crippen LogP contribution is 2.43. The Morgan fingerprint density at radius 1 is 1.25 bits per heavy atom. The van der Waals surface area contributed by atoms with Crippen LogP contribution in [0.25, 0.3) is 0 Å². The van der Waals surface area contributed by atoms with Crippen LogP contribution in [0.3, 0.4) is 0 Å². The molecule has 108 valence electrons. The number of rotatable bonds is 5. The van der Waals surface area contributed by atoms with Gasteiger partial charge in [0.1, 0.15) is 13.2 Å². The minimum atomic E-state index is -0.0362. The molecule has 1 aliphatic heterocycles. The third-order valence-electron chi connectivity index (χ3n) is 3.77. The monoisotopic (exact) mass is 276 g/mol. The summed E-state index contributed by atoms with van der Waals surface area (Å²) in [6.07, 6.45) is 2.51. The summed E-state index contributed by atoms with van der Waals surface area (Å²) in [4.78, 5) is 11.8. The molecule has 0 aromatic heterocycles. The summed E-state index contributed by atoms with van der Waals surface area (Å²) in [7, 11) is 0. The molecule has 3 rings (SSSR count). The van der Waals surface area contributed by atoms with Crippen molar-refractivity contribution in [3.8, 4) is 11.5 Å². The third kappa shape index (κ3) is 3.22. The fraction of sp³-hybridized carbons (Fsp3) is 0.533. The van der Waals surface area contributed by atoms with Crippen LogP contribution in [0.1, 0.15) is 19.8 Å². The van der Waals surface area contributed by atoms with E-state index in [0.717, 1.165) is 18.0 Å². The summed E-state index contributed by atoms with van der Waals surface area (Å²) < 4.78 is 10.9. The van der Waals surface area contributed by atoms with Crippen molar-refractivity contribution in [1.82, 2.24) is 5.32 Å². The molecule has 0 spiro atoms. The van der Waals surface area contributed by atoms with Crippen molar-refractivity contribution in [1.29, 1.82) is 0 Å². The maximum Gasteiger partial charge on any atom is 0.238 e. The number of ether oxygens (including phenoxy) is 2. The van der Waals surface area contributed by atoms with E-state index < -0.39 is 0 Å². The number of fused-ring (bicyclic) bond motifs is 1. The molecule has 5 heteroatoms. The minimum Gasteiger partial charge on any atom is -0.486 e. The number of nitrogens with one attached hydrogen (secondary N) is 2. The molecule has 1 saturated carbocycles. The lowest BCUT2D eigenvalue weighted by Crippen LogP contribution is -2.31. The van der Waals surface area contributed by atoms with Gasteiger partial charge >= 0.3 is 0 Å². The largest absolute Gasteiger partial charge is 0.486 e. The van der Waals surface area contributed by atoms with Crippen molar-refractivity contribution in [2.24, 2.45) is 5.41 Å². The van der Waals surface area contributed by atoms with Crippen LogP contribution < -0.4 is 20.1 Å². The molecule has 5 nitrogen and oxygen atoms in total. The van der Waals surface area contributed by atoms with Gasteiger partial charge in [-0.1, -0.05) is 6.92 Å². The van der Waals surface area contributed by atoms with Crippen molar-refractivity contribution < 1.29 is 14.3 Å². The molecule has 1 aliphatic carbocycles. The van der Waals surface area contributed by atoms with Gasteiger partial charge in [-0.25, -0.2) is 0 Å². The number of hydrogen-bond acceptors (Lipinski definition) is 4. The Hall–Kier alpha value is -1.75. The number of carbonyl (C=O) groups excluding carboxylic acids is 1. The Bertz CT molecular complexity index is 512. The van der Waals surface area contributed by atoms with Crippen molar-refractivity contribution in [2.75, 3.05) is 31.6 Å². The zero-order valence-corrected chi connectivity index (χ0v) is 11.7. The third-order valence-corrected chi connectivity index (χ3v) is 3.77. The predicted molar refractivity (Wildman–Crippen MR) is 76.3 cm³/mol. The Kier molecular flexibility index (Phi) is 3.53. The van der Waals surface area contributed by atoms with E-state index in [9.17, 15) is 4.79 Å². The quantitative estimate of drug-likeness (QED) is 0.860. The smallest absolute Gasteiger partial charge is 0.238 e. The molecule has 1 heterocycles. The number of carbonyl (C=O) groups is 1. The van der Waals surface area contributed by atoms with Gasteiger partial charge in [0.2, 0.25) is 5.91 Å². The first-order chi connectivity index (χ1) is 9.65. The molecule has 2 N–H and O–H groups in total. The van der Waals surface area contributed by atoms with Crippen LogP contribution in [0.2, 0.25) is 0 Å². The summed E-state index contributed by atoms with van der Waals surface area (Å²) >= 11 is 0. The van der Waals surface area contributed by atoms with Gasteiger partial charge in [-0.15, -0.1) is 0 Å². The summed E-state index contributed by atoms with van der Waals surface area (Å²) in [5.41, 5.74) is 1.15. The van der Waals surface area contributed by atoms with E-state index in [-0.39, 0.29) is 5.91 Å². The number of benzene rings is 1. The molecule has 0 atom stereocenters. The van der Waals surface area contributed by atoms with Gasteiger partial charge in [-0.3, -0.25) is 4.79 Å². The summed E-state index contributed by atoms with van der Waals surface area (Å²) in [5, 5.41) is 6.06. The molecule has 1 fully saturated rings. The lowest BCUT2D eigenvalue weighted by molar-refractivity contribution is -0.115. The SMILES string of the molecule is CC1(CNCC(=O)Nc2ccc3c(c2)OCCO3)CC1. The van der Waals surface area contributed by atoms with E-state index in [1.165, 1.54) is 12.8 Å². The van der Waals surface area contributed by atoms with Gasteiger partial charge < -0.3 is 20.1 Å². The van der Waals surface area contributed by atoms with Crippen LogP contribution in [0.5, 0.6) is 11.5 Å². The van der Waals surface area contributed by atoms with Crippen molar-refractivity contribution >= 4 is 11.6 Å². The maximum absolute atomic E-state index is 11.8. The molecule has 0 saturated heterocycles. The normalized spacial score (nSPS) is 18.4. The van der Waals surface area contributed by atoms with Gasteiger partial charge in [-0.2, -0.15) is 0 Å². The van der Waals surface area contributed by atoms with Crippen LogP contribution in [-0.2, 0) is 4.79 Å². The van der Waals surface area contributed by atoms with Gasteiger partial charge in [0, 0.05) is 18.3 Å². The van der Waals surface area contributed by atoms with E-state index in [2.05, 4.69) is 17.6 Å². The Morgan fingerprint density at radius 2 is 2.00 bits per heavy atom. The number of anilines is 1. The fourth-order valence-corrected chi connectivity index (χ4v) is 2.19. The Labute approximate surface area is 118 Å². The molecular formula is C15H20N2O3. The average molecular weight is 276 g/mol. The minimum absolute atomic E-state index is 0.0362. The highest BCUT2D eigenvalue weighted by Gasteiger charge is 2.36. The lowest BCUT2D eigenvalue weighted by atomic mass is 10.1. The molecule has 2 aliphatic rings.